The van der Waals surface area contributed by atoms with Crippen molar-refractivity contribution in [2.45, 2.75) is 39.2 Å². The van der Waals surface area contributed by atoms with Crippen molar-refractivity contribution in [3.63, 3.8) is 0 Å². The SMILES string of the molecule is COc1ccc(CNC(=O)NCCCCN2CCC(C)CC2)cc1. The van der Waals surface area contributed by atoms with Gasteiger partial charge in [-0.2, -0.15) is 0 Å². The van der Waals surface area contributed by atoms with Crippen molar-refractivity contribution < 1.29 is 9.53 Å². The Morgan fingerprint density at radius 3 is 2.54 bits per heavy atom. The highest BCUT2D eigenvalue weighted by molar-refractivity contribution is 5.73. The molecule has 0 atom stereocenters. The Morgan fingerprint density at radius 2 is 1.88 bits per heavy atom. The molecule has 2 N–H and O–H groups in total. The predicted molar refractivity (Wildman–Crippen MR) is 97.3 cm³/mol. The monoisotopic (exact) mass is 333 g/mol. The quantitative estimate of drug-likeness (QED) is 0.719. The number of urea groups is 1. The molecule has 0 unspecified atom stereocenters. The standard InChI is InChI=1S/C19H31N3O2/c1-16-9-13-22(14-10-16)12-4-3-11-20-19(23)21-15-17-5-7-18(24-2)8-6-17/h5-8,16H,3-4,9-15H2,1-2H3,(H2,20,21,23). The molecule has 0 radical (unpaired) electrons. The Balaban J connectivity index is 1.50. The number of nitrogens with zero attached hydrogens (tertiary/aromatic N) is 1. The van der Waals surface area contributed by atoms with E-state index in [0.29, 0.717) is 6.54 Å². The summed E-state index contributed by atoms with van der Waals surface area (Å²) >= 11 is 0. The zero-order valence-electron chi connectivity index (χ0n) is 15.0. The molecule has 0 saturated carbocycles. The summed E-state index contributed by atoms with van der Waals surface area (Å²) in [5.41, 5.74) is 1.06. The van der Waals surface area contributed by atoms with Crippen LogP contribution in [0, 0.1) is 5.92 Å². The molecule has 1 aliphatic rings. The van der Waals surface area contributed by atoms with Gasteiger partial charge < -0.3 is 20.3 Å². The van der Waals surface area contributed by atoms with Gasteiger partial charge in [-0.1, -0.05) is 19.1 Å². The lowest BCUT2D eigenvalue weighted by molar-refractivity contribution is 0.189. The maximum Gasteiger partial charge on any atom is 0.315 e. The van der Waals surface area contributed by atoms with Gasteiger partial charge in [0.25, 0.3) is 0 Å². The van der Waals surface area contributed by atoms with Crippen LogP contribution in [-0.4, -0.2) is 44.2 Å². The van der Waals surface area contributed by atoms with E-state index in [-0.39, 0.29) is 6.03 Å². The first-order chi connectivity index (χ1) is 11.7. The molecule has 5 nitrogen and oxygen atoms in total. The number of ether oxygens (including phenoxy) is 1. The van der Waals surface area contributed by atoms with E-state index < -0.39 is 0 Å². The molecule has 134 valence electrons. The molecule has 0 spiro atoms. The fraction of sp³-hybridized carbons (Fsp3) is 0.632. The van der Waals surface area contributed by atoms with Crippen molar-refractivity contribution in [2.75, 3.05) is 33.3 Å². The van der Waals surface area contributed by atoms with E-state index in [1.54, 1.807) is 7.11 Å². The number of nitrogens with one attached hydrogen (secondary N) is 2. The summed E-state index contributed by atoms with van der Waals surface area (Å²) in [7, 11) is 1.65. The first-order valence-electron chi connectivity index (χ1n) is 9.04. The third-order valence-electron chi connectivity index (χ3n) is 4.68. The van der Waals surface area contributed by atoms with Crippen molar-refractivity contribution in [3.05, 3.63) is 29.8 Å². The molecule has 24 heavy (non-hydrogen) atoms. The second-order valence-electron chi connectivity index (χ2n) is 6.69. The topological polar surface area (TPSA) is 53.6 Å². The summed E-state index contributed by atoms with van der Waals surface area (Å²) in [5.74, 6) is 1.71. The number of rotatable bonds is 8. The molecule has 1 aromatic rings. The fourth-order valence-electron chi connectivity index (χ4n) is 2.94. The average Bonchev–Trinajstić information content (AvgIpc) is 2.61. The van der Waals surface area contributed by atoms with Gasteiger partial charge in [0.1, 0.15) is 5.75 Å². The van der Waals surface area contributed by atoms with E-state index in [1.807, 2.05) is 24.3 Å². The van der Waals surface area contributed by atoms with Crippen LogP contribution >= 0.6 is 0 Å². The van der Waals surface area contributed by atoms with Crippen LogP contribution in [0.5, 0.6) is 5.75 Å². The third-order valence-corrected chi connectivity index (χ3v) is 4.68. The lowest BCUT2D eigenvalue weighted by Crippen LogP contribution is -2.36. The molecule has 1 aromatic carbocycles. The molecule has 0 aromatic heterocycles. The van der Waals surface area contributed by atoms with Gasteiger partial charge >= 0.3 is 6.03 Å². The predicted octanol–water partition coefficient (Wildman–Crippen LogP) is 3.01. The van der Waals surface area contributed by atoms with Gasteiger partial charge in [0.2, 0.25) is 0 Å². The Labute approximate surface area is 145 Å². The second-order valence-corrected chi connectivity index (χ2v) is 6.69. The lowest BCUT2D eigenvalue weighted by atomic mass is 9.99. The summed E-state index contributed by atoms with van der Waals surface area (Å²) in [6.45, 7) is 7.22. The van der Waals surface area contributed by atoms with Crippen molar-refractivity contribution >= 4 is 6.03 Å². The van der Waals surface area contributed by atoms with Gasteiger partial charge in [0, 0.05) is 13.1 Å². The summed E-state index contributed by atoms with van der Waals surface area (Å²) in [6.07, 6.45) is 4.83. The van der Waals surface area contributed by atoms with Crippen molar-refractivity contribution in [1.82, 2.24) is 15.5 Å². The van der Waals surface area contributed by atoms with Crippen LogP contribution in [0.2, 0.25) is 0 Å². The number of carbonyl (C=O) groups excluding carboxylic acids is 1. The van der Waals surface area contributed by atoms with Crippen LogP contribution in [-0.2, 0) is 6.54 Å². The van der Waals surface area contributed by atoms with Crippen LogP contribution < -0.4 is 15.4 Å². The molecule has 0 bridgehead atoms. The largest absolute Gasteiger partial charge is 0.497 e. The number of hydrogen-bond donors (Lipinski definition) is 2. The minimum atomic E-state index is -0.0994. The number of likely N-dealkylation sites (tertiary alicyclic amines) is 1. The van der Waals surface area contributed by atoms with Gasteiger partial charge in [-0.25, -0.2) is 4.79 Å². The summed E-state index contributed by atoms with van der Waals surface area (Å²) in [5, 5.41) is 5.81. The number of benzene rings is 1. The Bertz CT molecular complexity index is 482. The van der Waals surface area contributed by atoms with E-state index in [0.717, 1.165) is 43.2 Å². The fourth-order valence-corrected chi connectivity index (χ4v) is 2.94. The molecule has 1 heterocycles. The van der Waals surface area contributed by atoms with Gasteiger partial charge in [-0.15, -0.1) is 0 Å². The van der Waals surface area contributed by atoms with Crippen LogP contribution in [0.3, 0.4) is 0 Å². The molecule has 0 aliphatic carbocycles. The molecule has 1 saturated heterocycles. The van der Waals surface area contributed by atoms with E-state index in [1.165, 1.54) is 25.9 Å². The van der Waals surface area contributed by atoms with Gasteiger partial charge in [-0.05, 0) is 68.9 Å². The van der Waals surface area contributed by atoms with Gasteiger partial charge in [0.05, 0.1) is 7.11 Å². The van der Waals surface area contributed by atoms with E-state index in [2.05, 4.69) is 22.5 Å². The van der Waals surface area contributed by atoms with Gasteiger partial charge in [0.15, 0.2) is 0 Å². The number of methoxy groups -OCH3 is 1. The highest BCUT2D eigenvalue weighted by Gasteiger charge is 2.14. The van der Waals surface area contributed by atoms with Crippen molar-refractivity contribution in [1.29, 1.82) is 0 Å². The maximum atomic E-state index is 11.8. The summed E-state index contributed by atoms with van der Waals surface area (Å²) in [6, 6.07) is 7.61. The normalized spacial score (nSPS) is 15.9. The number of hydrogen-bond acceptors (Lipinski definition) is 3. The number of piperidine rings is 1. The zero-order valence-corrected chi connectivity index (χ0v) is 15.0. The molecule has 1 aliphatic heterocycles. The van der Waals surface area contributed by atoms with E-state index in [9.17, 15) is 4.79 Å². The summed E-state index contributed by atoms with van der Waals surface area (Å²) in [4.78, 5) is 14.3. The number of amides is 2. The van der Waals surface area contributed by atoms with E-state index in [4.69, 9.17) is 4.74 Å². The number of unbranched alkanes of at least 4 members (excludes halogenated alkanes) is 1. The molecule has 5 heteroatoms. The Morgan fingerprint density at radius 1 is 1.17 bits per heavy atom. The highest BCUT2D eigenvalue weighted by Crippen LogP contribution is 2.16. The molecular formula is C19H31N3O2. The minimum Gasteiger partial charge on any atom is -0.497 e. The smallest absolute Gasteiger partial charge is 0.315 e. The molecule has 2 amide bonds. The third kappa shape index (κ3) is 6.79. The average molecular weight is 333 g/mol. The van der Waals surface area contributed by atoms with E-state index >= 15 is 0 Å². The minimum absolute atomic E-state index is 0.0994. The molecule has 1 fully saturated rings. The van der Waals surface area contributed by atoms with Crippen molar-refractivity contribution in [3.8, 4) is 5.75 Å². The zero-order chi connectivity index (χ0) is 17.2. The van der Waals surface area contributed by atoms with Crippen molar-refractivity contribution in [2.24, 2.45) is 5.92 Å². The van der Waals surface area contributed by atoms with Crippen LogP contribution in [0.4, 0.5) is 4.79 Å². The first kappa shape index (κ1) is 18.6. The summed E-state index contributed by atoms with van der Waals surface area (Å²) < 4.78 is 5.12. The highest BCUT2D eigenvalue weighted by atomic mass is 16.5. The Kier molecular flexibility index (Phi) is 7.89. The molecule has 2 rings (SSSR count). The molecular weight excluding hydrogens is 302 g/mol. The second kappa shape index (κ2) is 10.2. The Hall–Kier alpha value is -1.75. The maximum absolute atomic E-state index is 11.8. The van der Waals surface area contributed by atoms with Crippen LogP contribution in [0.1, 0.15) is 38.2 Å². The first-order valence-corrected chi connectivity index (χ1v) is 9.04. The lowest BCUT2D eigenvalue weighted by Gasteiger charge is -2.30. The van der Waals surface area contributed by atoms with Crippen LogP contribution in [0.25, 0.3) is 0 Å². The van der Waals surface area contributed by atoms with Crippen LogP contribution in [0.15, 0.2) is 24.3 Å². The number of carbonyl (C=O) groups is 1. The van der Waals surface area contributed by atoms with Gasteiger partial charge in [-0.3, -0.25) is 0 Å².